The number of fused-ring (bicyclic) bond motifs is 1. The second-order valence-electron chi connectivity index (χ2n) is 8.80. The topological polar surface area (TPSA) is 56.1 Å². The Kier molecular flexibility index (Phi) is 6.50. The zero-order valence-corrected chi connectivity index (χ0v) is 20.0. The summed E-state index contributed by atoms with van der Waals surface area (Å²) in [4.78, 5) is 17.8. The summed E-state index contributed by atoms with van der Waals surface area (Å²) in [5, 5.41) is 3.13. The number of hydrogen-bond donors (Lipinski definition) is 1. The molecular formula is C28H31N3O2. The lowest BCUT2D eigenvalue weighted by Crippen LogP contribution is -2.29. The number of para-hydroxylation sites is 2. The van der Waals surface area contributed by atoms with Gasteiger partial charge in [0.25, 0.3) is 5.91 Å². The van der Waals surface area contributed by atoms with Crippen molar-refractivity contribution in [1.29, 1.82) is 0 Å². The predicted molar refractivity (Wildman–Crippen MR) is 133 cm³/mol. The molecular weight excluding hydrogens is 410 g/mol. The van der Waals surface area contributed by atoms with Crippen LogP contribution < -0.4 is 10.1 Å². The molecule has 5 nitrogen and oxygen atoms in total. The molecule has 0 saturated heterocycles. The van der Waals surface area contributed by atoms with Crippen LogP contribution in [0.4, 0.5) is 0 Å². The molecule has 1 atom stereocenters. The van der Waals surface area contributed by atoms with E-state index in [4.69, 9.17) is 9.72 Å². The minimum absolute atomic E-state index is 0.0925. The summed E-state index contributed by atoms with van der Waals surface area (Å²) in [6.07, 6.45) is 0. The van der Waals surface area contributed by atoms with Gasteiger partial charge in [0, 0.05) is 5.56 Å². The SMILES string of the molecule is Cc1cc(C)cc(OCCn2c(C(C)NC(=O)c3ccc(C)cc3C)nc3ccccc32)c1. The molecule has 1 amide bonds. The van der Waals surface area contributed by atoms with Crippen LogP contribution in [0.3, 0.4) is 0 Å². The van der Waals surface area contributed by atoms with Crippen LogP contribution in [-0.4, -0.2) is 22.1 Å². The van der Waals surface area contributed by atoms with Crippen molar-refractivity contribution >= 4 is 16.9 Å². The fourth-order valence-electron chi connectivity index (χ4n) is 4.34. The zero-order chi connectivity index (χ0) is 23.5. The Balaban J connectivity index is 1.55. The molecule has 0 fully saturated rings. The minimum atomic E-state index is -0.258. The number of benzene rings is 3. The Morgan fingerprint density at radius 1 is 0.970 bits per heavy atom. The van der Waals surface area contributed by atoms with Crippen molar-refractivity contribution in [2.45, 2.75) is 47.2 Å². The summed E-state index contributed by atoms with van der Waals surface area (Å²) < 4.78 is 8.21. The zero-order valence-electron chi connectivity index (χ0n) is 20.0. The molecule has 0 aliphatic carbocycles. The highest BCUT2D eigenvalue weighted by atomic mass is 16.5. The van der Waals surface area contributed by atoms with E-state index in [0.717, 1.165) is 33.7 Å². The van der Waals surface area contributed by atoms with Gasteiger partial charge in [0.2, 0.25) is 0 Å². The first-order valence-electron chi connectivity index (χ1n) is 11.4. The first kappa shape index (κ1) is 22.6. The van der Waals surface area contributed by atoms with Crippen molar-refractivity contribution in [2.75, 3.05) is 6.61 Å². The first-order valence-corrected chi connectivity index (χ1v) is 11.4. The maximum absolute atomic E-state index is 13.0. The molecule has 0 saturated carbocycles. The van der Waals surface area contributed by atoms with E-state index in [-0.39, 0.29) is 11.9 Å². The molecule has 0 bridgehead atoms. The van der Waals surface area contributed by atoms with Gasteiger partial charge in [0.1, 0.15) is 18.2 Å². The lowest BCUT2D eigenvalue weighted by molar-refractivity contribution is 0.0937. The molecule has 0 radical (unpaired) electrons. The molecule has 33 heavy (non-hydrogen) atoms. The van der Waals surface area contributed by atoms with Gasteiger partial charge in [0.05, 0.1) is 23.6 Å². The number of nitrogens with one attached hydrogen (secondary N) is 1. The van der Waals surface area contributed by atoms with Crippen LogP contribution in [0.5, 0.6) is 5.75 Å². The summed E-state index contributed by atoms with van der Waals surface area (Å²) in [6, 6.07) is 19.9. The highest BCUT2D eigenvalue weighted by Gasteiger charge is 2.20. The number of amides is 1. The standard InChI is InChI=1S/C28H31N3O2/c1-18-10-11-24(21(4)15-18)28(32)29-22(5)27-30-25-8-6-7-9-26(25)31(27)12-13-33-23-16-19(2)14-20(3)17-23/h6-11,14-17,22H,12-13H2,1-5H3,(H,29,32). The maximum Gasteiger partial charge on any atom is 0.252 e. The van der Waals surface area contributed by atoms with E-state index in [9.17, 15) is 4.79 Å². The molecule has 1 aromatic heterocycles. The van der Waals surface area contributed by atoms with E-state index < -0.39 is 0 Å². The lowest BCUT2D eigenvalue weighted by atomic mass is 10.0. The van der Waals surface area contributed by atoms with E-state index in [0.29, 0.717) is 18.7 Å². The van der Waals surface area contributed by atoms with E-state index in [1.165, 1.54) is 11.1 Å². The van der Waals surface area contributed by atoms with E-state index >= 15 is 0 Å². The molecule has 4 aromatic rings. The number of carbonyl (C=O) groups is 1. The van der Waals surface area contributed by atoms with Crippen molar-refractivity contribution in [1.82, 2.24) is 14.9 Å². The maximum atomic E-state index is 13.0. The minimum Gasteiger partial charge on any atom is -0.492 e. The van der Waals surface area contributed by atoms with Crippen LogP contribution >= 0.6 is 0 Å². The summed E-state index contributed by atoms with van der Waals surface area (Å²) in [5.41, 5.74) is 7.10. The van der Waals surface area contributed by atoms with Gasteiger partial charge in [-0.2, -0.15) is 0 Å². The largest absolute Gasteiger partial charge is 0.492 e. The second-order valence-corrected chi connectivity index (χ2v) is 8.80. The number of hydrogen-bond acceptors (Lipinski definition) is 3. The Morgan fingerprint density at radius 3 is 2.42 bits per heavy atom. The van der Waals surface area contributed by atoms with Crippen LogP contribution in [0.15, 0.2) is 60.7 Å². The van der Waals surface area contributed by atoms with Crippen LogP contribution in [0.2, 0.25) is 0 Å². The van der Waals surface area contributed by atoms with Crippen molar-refractivity contribution < 1.29 is 9.53 Å². The molecule has 1 unspecified atom stereocenters. The van der Waals surface area contributed by atoms with Gasteiger partial charge in [-0.15, -0.1) is 0 Å². The molecule has 4 rings (SSSR count). The summed E-state index contributed by atoms with van der Waals surface area (Å²) in [7, 11) is 0. The van der Waals surface area contributed by atoms with Crippen LogP contribution in [0.1, 0.15) is 51.4 Å². The fourth-order valence-corrected chi connectivity index (χ4v) is 4.34. The van der Waals surface area contributed by atoms with E-state index in [2.05, 4.69) is 35.9 Å². The number of carbonyl (C=O) groups excluding carboxylic acids is 1. The van der Waals surface area contributed by atoms with Gasteiger partial charge in [0.15, 0.2) is 0 Å². The third-order valence-electron chi connectivity index (χ3n) is 5.82. The van der Waals surface area contributed by atoms with Gasteiger partial charge in [-0.25, -0.2) is 4.98 Å². The summed E-state index contributed by atoms with van der Waals surface area (Å²) >= 11 is 0. The molecule has 5 heteroatoms. The predicted octanol–water partition coefficient (Wildman–Crippen LogP) is 5.84. The van der Waals surface area contributed by atoms with Gasteiger partial charge in [-0.3, -0.25) is 4.79 Å². The molecule has 0 aliphatic rings. The molecule has 0 aliphatic heterocycles. The third kappa shape index (κ3) is 5.08. The second kappa shape index (κ2) is 9.49. The summed E-state index contributed by atoms with van der Waals surface area (Å²) in [6.45, 7) is 11.2. The third-order valence-corrected chi connectivity index (χ3v) is 5.82. The number of aromatic nitrogens is 2. The average Bonchev–Trinajstić information content (AvgIpc) is 3.12. The smallest absolute Gasteiger partial charge is 0.252 e. The highest BCUT2D eigenvalue weighted by molar-refractivity contribution is 5.96. The normalized spacial score (nSPS) is 12.0. The Morgan fingerprint density at radius 2 is 1.70 bits per heavy atom. The number of imidazole rings is 1. The fraction of sp³-hybridized carbons (Fsp3) is 0.286. The quantitative estimate of drug-likeness (QED) is 0.392. The first-order chi connectivity index (χ1) is 15.8. The number of aryl methyl sites for hydroxylation is 4. The van der Waals surface area contributed by atoms with Crippen molar-refractivity contribution in [2.24, 2.45) is 0 Å². The number of ether oxygens (including phenoxy) is 1. The van der Waals surface area contributed by atoms with Crippen LogP contribution in [0, 0.1) is 27.7 Å². The van der Waals surface area contributed by atoms with E-state index in [1.807, 2.05) is 69.3 Å². The van der Waals surface area contributed by atoms with Crippen molar-refractivity contribution in [3.8, 4) is 5.75 Å². The number of rotatable bonds is 7. The van der Waals surface area contributed by atoms with Gasteiger partial charge >= 0.3 is 0 Å². The molecule has 1 heterocycles. The van der Waals surface area contributed by atoms with Crippen molar-refractivity contribution in [3.05, 3.63) is 94.3 Å². The molecule has 0 spiro atoms. The molecule has 170 valence electrons. The lowest BCUT2D eigenvalue weighted by Gasteiger charge is -2.17. The molecule has 3 aromatic carbocycles. The monoisotopic (exact) mass is 441 g/mol. The Hall–Kier alpha value is -3.60. The van der Waals surface area contributed by atoms with Crippen molar-refractivity contribution in [3.63, 3.8) is 0 Å². The Labute approximate surface area is 195 Å². The number of nitrogens with zero attached hydrogens (tertiary/aromatic N) is 2. The van der Waals surface area contributed by atoms with E-state index in [1.54, 1.807) is 0 Å². The summed E-state index contributed by atoms with van der Waals surface area (Å²) in [5.74, 6) is 1.60. The van der Waals surface area contributed by atoms with Gasteiger partial charge in [-0.1, -0.05) is 35.9 Å². The van der Waals surface area contributed by atoms with Crippen LogP contribution in [0.25, 0.3) is 11.0 Å². The Bertz CT molecular complexity index is 1290. The van der Waals surface area contributed by atoms with Gasteiger partial charge < -0.3 is 14.6 Å². The van der Waals surface area contributed by atoms with Crippen LogP contribution in [-0.2, 0) is 6.54 Å². The average molecular weight is 442 g/mol. The molecule has 1 N–H and O–H groups in total. The van der Waals surface area contributed by atoms with Gasteiger partial charge in [-0.05, 0) is 81.6 Å². The highest BCUT2D eigenvalue weighted by Crippen LogP contribution is 2.22.